The third kappa shape index (κ3) is 4.37. The average molecular weight is 381 g/mol. The van der Waals surface area contributed by atoms with Crippen LogP contribution in [0.2, 0.25) is 0 Å². The number of nitrogens with zero attached hydrogens (tertiary/aromatic N) is 3. The number of thiazole rings is 1. The molecule has 0 saturated heterocycles. The topological polar surface area (TPSA) is 72.8 Å². The summed E-state index contributed by atoms with van der Waals surface area (Å²) >= 11 is 2.86. The molecule has 0 aliphatic carbocycles. The van der Waals surface area contributed by atoms with Gasteiger partial charge in [-0.25, -0.2) is 4.98 Å². The Bertz CT molecular complexity index is 905. The number of benzene rings is 1. The Kier molecular flexibility index (Phi) is 6.42. The largest absolute Gasteiger partial charge is 0.379 e. The number of amidine groups is 1. The van der Waals surface area contributed by atoms with Crippen LogP contribution in [0.15, 0.2) is 51.6 Å². The maximum atomic E-state index is 12.1. The summed E-state index contributed by atoms with van der Waals surface area (Å²) < 4.78 is 1.62. The normalized spacial score (nSPS) is 11.5. The molecular formula is C16H17ClN4OS2. The van der Waals surface area contributed by atoms with Crippen LogP contribution in [0.4, 0.5) is 0 Å². The fraction of sp³-hybridized carbons (Fsp3) is 0.188. The van der Waals surface area contributed by atoms with Gasteiger partial charge in [0.2, 0.25) is 0 Å². The molecule has 2 heterocycles. The van der Waals surface area contributed by atoms with Crippen molar-refractivity contribution in [1.29, 1.82) is 0 Å². The van der Waals surface area contributed by atoms with Gasteiger partial charge in [0.05, 0.1) is 12.2 Å². The van der Waals surface area contributed by atoms with Crippen molar-refractivity contribution in [1.82, 2.24) is 9.38 Å². The molecular weight excluding hydrogens is 364 g/mol. The Balaban J connectivity index is 0.00000208. The number of hydrogen-bond acceptors (Lipinski definition) is 5. The van der Waals surface area contributed by atoms with Crippen molar-refractivity contribution in [3.63, 3.8) is 0 Å². The van der Waals surface area contributed by atoms with Gasteiger partial charge < -0.3 is 5.73 Å². The number of thioether (sulfide) groups is 1. The first-order valence-electron chi connectivity index (χ1n) is 7.07. The minimum atomic E-state index is -0.0517. The summed E-state index contributed by atoms with van der Waals surface area (Å²) in [4.78, 5) is 21.7. The molecule has 0 radical (unpaired) electrons. The summed E-state index contributed by atoms with van der Waals surface area (Å²) in [5.74, 6) is 0.535. The van der Waals surface area contributed by atoms with Gasteiger partial charge in [-0.3, -0.25) is 14.2 Å². The van der Waals surface area contributed by atoms with Crippen molar-refractivity contribution in [2.75, 3.05) is 0 Å². The van der Waals surface area contributed by atoms with Gasteiger partial charge in [-0.05, 0) is 12.5 Å². The summed E-state index contributed by atoms with van der Waals surface area (Å²) in [5.41, 5.74) is 8.62. The molecule has 0 bridgehead atoms. The highest BCUT2D eigenvalue weighted by molar-refractivity contribution is 8.13. The van der Waals surface area contributed by atoms with Gasteiger partial charge >= 0.3 is 0 Å². The monoisotopic (exact) mass is 380 g/mol. The first kappa shape index (κ1) is 18.5. The fourth-order valence-electron chi connectivity index (χ4n) is 2.12. The lowest BCUT2D eigenvalue weighted by atomic mass is 10.2. The summed E-state index contributed by atoms with van der Waals surface area (Å²) in [7, 11) is 0. The first-order chi connectivity index (χ1) is 11.1. The molecule has 2 aromatic heterocycles. The van der Waals surface area contributed by atoms with Crippen LogP contribution >= 0.6 is 35.5 Å². The Morgan fingerprint density at radius 2 is 2.12 bits per heavy atom. The number of aromatic nitrogens is 2. The van der Waals surface area contributed by atoms with Gasteiger partial charge in [0.15, 0.2) is 10.1 Å². The Hall–Kier alpha value is -1.83. The molecule has 0 saturated carbocycles. The van der Waals surface area contributed by atoms with Crippen LogP contribution in [0.25, 0.3) is 4.96 Å². The number of aliphatic imine (C=N–C) groups is 1. The molecule has 0 spiro atoms. The second kappa shape index (κ2) is 8.32. The smallest absolute Gasteiger partial charge is 0.258 e. The molecule has 1 aromatic carbocycles. The van der Waals surface area contributed by atoms with Crippen LogP contribution in [-0.4, -0.2) is 14.6 Å². The molecule has 0 aliphatic heterocycles. The van der Waals surface area contributed by atoms with Crippen molar-refractivity contribution in [3.8, 4) is 0 Å². The minimum Gasteiger partial charge on any atom is -0.379 e. The molecule has 3 aromatic rings. The van der Waals surface area contributed by atoms with Gasteiger partial charge in [-0.1, -0.05) is 42.1 Å². The third-order valence-electron chi connectivity index (χ3n) is 3.26. The predicted molar refractivity (Wildman–Crippen MR) is 104 cm³/mol. The van der Waals surface area contributed by atoms with E-state index in [-0.39, 0.29) is 18.0 Å². The van der Waals surface area contributed by atoms with Gasteiger partial charge in [-0.15, -0.1) is 23.7 Å². The number of hydrogen-bond donors (Lipinski definition) is 1. The molecule has 0 fully saturated rings. The summed E-state index contributed by atoms with van der Waals surface area (Å²) in [6.07, 6.45) is 0. The van der Waals surface area contributed by atoms with E-state index in [0.717, 1.165) is 17.0 Å². The van der Waals surface area contributed by atoms with E-state index in [1.807, 2.05) is 42.6 Å². The Morgan fingerprint density at radius 3 is 2.88 bits per heavy atom. The lowest BCUT2D eigenvalue weighted by molar-refractivity contribution is 0.998. The summed E-state index contributed by atoms with van der Waals surface area (Å²) in [6, 6.07) is 11.5. The second-order valence-electron chi connectivity index (χ2n) is 5.01. The lowest BCUT2D eigenvalue weighted by Gasteiger charge is -2.02. The third-order valence-corrected chi connectivity index (χ3v) is 5.07. The van der Waals surface area contributed by atoms with Crippen LogP contribution < -0.4 is 11.3 Å². The molecule has 3 rings (SSSR count). The van der Waals surface area contributed by atoms with Crippen molar-refractivity contribution in [3.05, 3.63) is 69.1 Å². The zero-order chi connectivity index (χ0) is 16.2. The molecule has 0 amide bonds. The Labute approximate surface area is 154 Å². The second-order valence-corrected chi connectivity index (χ2v) is 6.84. The van der Waals surface area contributed by atoms with Gasteiger partial charge in [0.25, 0.3) is 5.56 Å². The minimum absolute atomic E-state index is 0. The standard InChI is InChI=1S/C16H16N4OS2.ClH/c1-11-9-23-16-19-13(7-14(21)20(11)16)10-22-15(17)18-8-12-5-3-2-4-6-12;/h2-7,9H,8,10H2,1H3,(H2,17,18);1H. The number of fused-ring (bicyclic) bond motifs is 1. The molecule has 24 heavy (non-hydrogen) atoms. The van der Waals surface area contributed by atoms with E-state index in [2.05, 4.69) is 9.98 Å². The molecule has 126 valence electrons. The van der Waals surface area contributed by atoms with E-state index in [9.17, 15) is 4.79 Å². The van der Waals surface area contributed by atoms with Crippen molar-refractivity contribution >= 4 is 45.6 Å². The van der Waals surface area contributed by atoms with E-state index in [0.29, 0.717) is 22.4 Å². The SMILES string of the molecule is Cc1csc2nc(CSC(N)=NCc3ccccc3)cc(=O)n12.Cl. The number of aryl methyl sites for hydroxylation is 1. The number of rotatable bonds is 4. The van der Waals surface area contributed by atoms with Crippen LogP contribution in [0.5, 0.6) is 0 Å². The maximum Gasteiger partial charge on any atom is 0.258 e. The highest BCUT2D eigenvalue weighted by Crippen LogP contribution is 2.15. The van der Waals surface area contributed by atoms with E-state index in [1.54, 1.807) is 10.5 Å². The van der Waals surface area contributed by atoms with Crippen LogP contribution in [0.3, 0.4) is 0 Å². The predicted octanol–water partition coefficient (Wildman–Crippen LogP) is 3.23. The van der Waals surface area contributed by atoms with Crippen LogP contribution in [0, 0.1) is 6.92 Å². The zero-order valence-electron chi connectivity index (χ0n) is 13.0. The van der Waals surface area contributed by atoms with Crippen molar-refractivity contribution in [2.24, 2.45) is 10.7 Å². The summed E-state index contributed by atoms with van der Waals surface area (Å²) in [5, 5.41) is 2.43. The van der Waals surface area contributed by atoms with Crippen molar-refractivity contribution in [2.45, 2.75) is 19.2 Å². The molecule has 2 N–H and O–H groups in total. The van der Waals surface area contributed by atoms with Gasteiger partial charge in [-0.2, -0.15) is 0 Å². The van der Waals surface area contributed by atoms with Crippen LogP contribution in [0.1, 0.15) is 17.0 Å². The molecule has 8 heteroatoms. The highest BCUT2D eigenvalue weighted by atomic mass is 35.5. The van der Waals surface area contributed by atoms with E-state index < -0.39 is 0 Å². The number of nitrogens with two attached hydrogens (primary N) is 1. The van der Waals surface area contributed by atoms with Gasteiger partial charge in [0.1, 0.15) is 0 Å². The van der Waals surface area contributed by atoms with E-state index in [4.69, 9.17) is 5.73 Å². The maximum absolute atomic E-state index is 12.1. The molecule has 0 unspecified atom stereocenters. The van der Waals surface area contributed by atoms with E-state index in [1.165, 1.54) is 23.1 Å². The molecule has 0 aliphatic rings. The summed E-state index contributed by atoms with van der Waals surface area (Å²) in [6.45, 7) is 2.45. The van der Waals surface area contributed by atoms with Crippen LogP contribution in [-0.2, 0) is 12.3 Å². The quantitative estimate of drug-likeness (QED) is 0.557. The number of halogens is 1. The zero-order valence-corrected chi connectivity index (χ0v) is 15.5. The highest BCUT2D eigenvalue weighted by Gasteiger charge is 2.07. The lowest BCUT2D eigenvalue weighted by Crippen LogP contribution is -2.15. The van der Waals surface area contributed by atoms with Crippen molar-refractivity contribution < 1.29 is 0 Å². The average Bonchev–Trinajstić information content (AvgIpc) is 2.93. The molecule has 0 atom stereocenters. The van der Waals surface area contributed by atoms with E-state index >= 15 is 0 Å². The molecule has 5 nitrogen and oxygen atoms in total. The fourth-order valence-corrected chi connectivity index (χ4v) is 3.61. The first-order valence-corrected chi connectivity index (χ1v) is 8.93. The Morgan fingerprint density at radius 1 is 1.38 bits per heavy atom. The van der Waals surface area contributed by atoms with Gasteiger partial charge in [0, 0.05) is 22.9 Å².